The van der Waals surface area contributed by atoms with E-state index in [1.165, 1.54) is 10.4 Å². The van der Waals surface area contributed by atoms with E-state index in [9.17, 15) is 5.11 Å². The zero-order valence-corrected chi connectivity index (χ0v) is 22.9. The number of aromatic nitrogens is 2. The summed E-state index contributed by atoms with van der Waals surface area (Å²) in [5, 5.41) is 18.0. The molecule has 1 heterocycles. The van der Waals surface area contributed by atoms with Crippen molar-refractivity contribution in [2.24, 2.45) is 5.92 Å². The summed E-state index contributed by atoms with van der Waals surface area (Å²) < 4.78 is 10.1. The van der Waals surface area contributed by atoms with Crippen LogP contribution < -0.4 is 10.4 Å². The Labute approximate surface area is 211 Å². The Morgan fingerprint density at radius 1 is 0.971 bits per heavy atom. The van der Waals surface area contributed by atoms with Crippen LogP contribution in [-0.4, -0.2) is 29.8 Å². The average molecular weight is 538 g/mol. The first-order valence-corrected chi connectivity index (χ1v) is 14.5. The van der Waals surface area contributed by atoms with E-state index in [1.807, 2.05) is 16.8 Å². The van der Waals surface area contributed by atoms with Crippen molar-refractivity contribution in [3.05, 3.63) is 89.0 Å². The largest absolute Gasteiger partial charge is 0.407 e. The van der Waals surface area contributed by atoms with Crippen LogP contribution in [0.5, 0.6) is 0 Å². The van der Waals surface area contributed by atoms with Gasteiger partial charge in [-0.05, 0) is 39.5 Å². The van der Waals surface area contributed by atoms with Crippen molar-refractivity contribution in [2.75, 3.05) is 6.61 Å². The van der Waals surface area contributed by atoms with Crippen LogP contribution in [0.4, 0.5) is 0 Å². The van der Waals surface area contributed by atoms with Gasteiger partial charge in [-0.25, -0.2) is 0 Å². The van der Waals surface area contributed by atoms with Crippen LogP contribution >= 0.6 is 15.9 Å². The fourth-order valence-corrected chi connectivity index (χ4v) is 9.89. The second-order valence-corrected chi connectivity index (χ2v) is 15.2. The predicted octanol–water partition coefficient (Wildman–Crippen LogP) is 5.50. The Bertz CT molecular complexity index is 1200. The van der Waals surface area contributed by atoms with Crippen LogP contribution in [0.3, 0.4) is 0 Å². The highest BCUT2D eigenvalue weighted by molar-refractivity contribution is 9.10. The summed E-state index contributed by atoms with van der Waals surface area (Å²) in [7, 11) is -2.57. The number of halogens is 1. The predicted molar refractivity (Wildman–Crippen MR) is 146 cm³/mol. The fraction of sp³-hybridized carbons (Fsp3) is 0.321. The summed E-state index contributed by atoms with van der Waals surface area (Å²) in [6.45, 7) is 10.4. The Kier molecular flexibility index (Phi) is 7.43. The van der Waals surface area contributed by atoms with E-state index in [2.05, 4.69) is 110 Å². The number of fused-ring (bicyclic) bond motifs is 1. The summed E-state index contributed by atoms with van der Waals surface area (Å²) in [4.78, 5) is 0. The van der Waals surface area contributed by atoms with Crippen molar-refractivity contribution < 1.29 is 9.53 Å². The first kappa shape index (κ1) is 24.9. The lowest BCUT2D eigenvalue weighted by Crippen LogP contribution is -2.66. The molecule has 0 unspecified atom stereocenters. The lowest BCUT2D eigenvalue weighted by molar-refractivity contribution is 0.227. The van der Waals surface area contributed by atoms with Gasteiger partial charge in [-0.1, -0.05) is 104 Å². The molecule has 4 nitrogen and oxygen atoms in total. The molecule has 1 N–H and O–H groups in total. The average Bonchev–Trinajstić information content (AvgIpc) is 3.16. The molecule has 0 amide bonds. The molecule has 0 aliphatic heterocycles. The van der Waals surface area contributed by atoms with Crippen LogP contribution in [0.2, 0.25) is 5.04 Å². The molecule has 1 aromatic heterocycles. The molecular weight excluding hydrogens is 504 g/mol. The number of nitrogens with zero attached hydrogens (tertiary/aromatic N) is 2. The Balaban J connectivity index is 1.66. The van der Waals surface area contributed by atoms with E-state index in [0.717, 1.165) is 15.4 Å². The van der Waals surface area contributed by atoms with Crippen molar-refractivity contribution >= 4 is 45.5 Å². The van der Waals surface area contributed by atoms with Gasteiger partial charge in [0.1, 0.15) is 0 Å². The minimum atomic E-state index is -2.57. The number of hydrogen-bond donors (Lipinski definition) is 1. The molecule has 0 aliphatic rings. The van der Waals surface area contributed by atoms with E-state index in [-0.39, 0.29) is 17.6 Å². The number of hydrogen-bond acceptors (Lipinski definition) is 3. The monoisotopic (exact) mass is 536 g/mol. The topological polar surface area (TPSA) is 47.3 Å². The van der Waals surface area contributed by atoms with Crippen molar-refractivity contribution in [2.45, 2.75) is 45.9 Å². The van der Waals surface area contributed by atoms with Crippen molar-refractivity contribution in [1.29, 1.82) is 0 Å². The molecule has 0 saturated heterocycles. The highest BCUT2D eigenvalue weighted by Gasteiger charge is 2.50. The van der Waals surface area contributed by atoms with Crippen molar-refractivity contribution in [3.63, 3.8) is 0 Å². The van der Waals surface area contributed by atoms with Gasteiger partial charge in [-0.3, -0.25) is 4.68 Å². The SMILES string of the molecule is C[C@H](CO[Si](c1ccccc1)(c1ccccc1)C(C)(C)C)Cn1nc(CO)c2ccc(Br)cc21. The molecule has 4 aromatic rings. The maximum atomic E-state index is 9.80. The van der Waals surface area contributed by atoms with Crippen LogP contribution in [-0.2, 0) is 17.6 Å². The van der Waals surface area contributed by atoms with E-state index in [0.29, 0.717) is 18.8 Å². The van der Waals surface area contributed by atoms with E-state index >= 15 is 0 Å². The third kappa shape index (κ3) is 4.78. The molecule has 0 aliphatic carbocycles. The first-order valence-electron chi connectivity index (χ1n) is 11.8. The highest BCUT2D eigenvalue weighted by Crippen LogP contribution is 2.37. The number of rotatable bonds is 8. The lowest BCUT2D eigenvalue weighted by Gasteiger charge is -2.43. The van der Waals surface area contributed by atoms with Gasteiger partial charge in [0.25, 0.3) is 8.32 Å². The summed E-state index contributed by atoms with van der Waals surface area (Å²) in [6.07, 6.45) is 0. The van der Waals surface area contributed by atoms with Crippen LogP contribution in [0.1, 0.15) is 33.4 Å². The highest BCUT2D eigenvalue weighted by atomic mass is 79.9. The molecule has 0 fully saturated rings. The maximum Gasteiger partial charge on any atom is 0.261 e. The summed E-state index contributed by atoms with van der Waals surface area (Å²) in [6, 6.07) is 27.6. The van der Waals surface area contributed by atoms with Gasteiger partial charge in [0.2, 0.25) is 0 Å². The summed E-state index contributed by atoms with van der Waals surface area (Å²) in [5.41, 5.74) is 1.73. The third-order valence-electron chi connectivity index (χ3n) is 6.43. The van der Waals surface area contributed by atoms with Gasteiger partial charge in [-0.15, -0.1) is 0 Å². The first-order chi connectivity index (χ1) is 16.3. The van der Waals surface area contributed by atoms with Gasteiger partial charge in [0.05, 0.1) is 17.8 Å². The number of benzene rings is 3. The second kappa shape index (κ2) is 10.2. The zero-order valence-electron chi connectivity index (χ0n) is 20.3. The zero-order chi connectivity index (χ0) is 24.3. The molecule has 6 heteroatoms. The molecular formula is C28H33BrN2O2Si. The van der Waals surface area contributed by atoms with Crippen LogP contribution in [0.25, 0.3) is 10.9 Å². The van der Waals surface area contributed by atoms with Crippen LogP contribution in [0.15, 0.2) is 83.3 Å². The standard InChI is InChI=1S/C28H33BrN2O2Si/c1-21(18-31-27-17-22(29)15-16-25(27)26(19-32)30-31)20-33-34(28(2,3)4,23-11-7-5-8-12-23)24-13-9-6-10-14-24/h5-17,21,32H,18-20H2,1-4H3/t21-/m0/s1. The minimum Gasteiger partial charge on any atom is -0.407 e. The maximum absolute atomic E-state index is 9.80. The molecule has 3 aromatic carbocycles. The van der Waals surface area contributed by atoms with Gasteiger partial charge in [0.15, 0.2) is 0 Å². The summed E-state index contributed by atoms with van der Waals surface area (Å²) in [5.74, 6) is 0.232. The van der Waals surface area contributed by atoms with E-state index < -0.39 is 8.32 Å². The molecule has 0 bridgehead atoms. The molecule has 1 atom stereocenters. The molecule has 34 heavy (non-hydrogen) atoms. The van der Waals surface area contributed by atoms with E-state index in [4.69, 9.17) is 9.52 Å². The Morgan fingerprint density at radius 2 is 1.56 bits per heavy atom. The quantitative estimate of drug-likeness (QED) is 0.302. The lowest BCUT2D eigenvalue weighted by atomic mass is 10.2. The van der Waals surface area contributed by atoms with Gasteiger partial charge in [-0.2, -0.15) is 5.10 Å². The van der Waals surface area contributed by atoms with Crippen LogP contribution in [0, 0.1) is 5.92 Å². The van der Waals surface area contributed by atoms with Crippen molar-refractivity contribution in [3.8, 4) is 0 Å². The Hall–Kier alpha value is -2.25. The number of aliphatic hydroxyl groups is 1. The summed E-state index contributed by atoms with van der Waals surface area (Å²) >= 11 is 3.57. The van der Waals surface area contributed by atoms with Gasteiger partial charge < -0.3 is 9.53 Å². The van der Waals surface area contributed by atoms with Crippen molar-refractivity contribution in [1.82, 2.24) is 9.78 Å². The smallest absolute Gasteiger partial charge is 0.261 e. The van der Waals surface area contributed by atoms with Gasteiger partial charge in [0, 0.05) is 23.0 Å². The third-order valence-corrected chi connectivity index (χ3v) is 11.9. The normalized spacial score (nSPS) is 13.4. The molecule has 4 rings (SSSR count). The second-order valence-electron chi connectivity index (χ2n) is 10.0. The Morgan fingerprint density at radius 3 is 2.09 bits per heavy atom. The molecule has 0 radical (unpaired) electrons. The van der Waals surface area contributed by atoms with Gasteiger partial charge >= 0.3 is 0 Å². The fourth-order valence-electron chi connectivity index (χ4n) is 4.85. The molecule has 0 spiro atoms. The molecule has 0 saturated carbocycles. The molecule has 178 valence electrons. The minimum absolute atomic E-state index is 0.0528. The van der Waals surface area contributed by atoms with E-state index in [1.54, 1.807) is 0 Å². The number of aliphatic hydroxyl groups excluding tert-OH is 1.